The Morgan fingerprint density at radius 3 is 2.45 bits per heavy atom. The highest BCUT2D eigenvalue weighted by atomic mass is 79.9. The second-order valence-electron chi connectivity index (χ2n) is 4.67. The molecule has 0 aliphatic rings. The van der Waals surface area contributed by atoms with Gasteiger partial charge in [0.15, 0.2) is 0 Å². The molecule has 0 aliphatic heterocycles. The van der Waals surface area contributed by atoms with Crippen molar-refractivity contribution >= 4 is 39.2 Å². The molecule has 0 fully saturated rings. The van der Waals surface area contributed by atoms with Crippen LogP contribution in [0.1, 0.15) is 15.9 Å². The van der Waals surface area contributed by atoms with Crippen LogP contribution >= 0.6 is 15.9 Å². The predicted molar refractivity (Wildman–Crippen MR) is 91.4 cm³/mol. The van der Waals surface area contributed by atoms with Crippen molar-refractivity contribution < 1.29 is 9.59 Å². The standard InChI is InChI=1S/C16H16BrN3O2/c1-10-7-8-11(9-13(10)17)19-16(22)20-14-6-4-3-5-12(14)15(21)18-2/h3-9H,1-2H3,(H,18,21)(H2,19,20,22). The summed E-state index contributed by atoms with van der Waals surface area (Å²) in [5.41, 5.74) is 2.60. The highest BCUT2D eigenvalue weighted by molar-refractivity contribution is 9.10. The Morgan fingerprint density at radius 2 is 1.77 bits per heavy atom. The van der Waals surface area contributed by atoms with Crippen molar-refractivity contribution in [1.29, 1.82) is 0 Å². The molecule has 0 spiro atoms. The fourth-order valence-electron chi connectivity index (χ4n) is 1.88. The maximum Gasteiger partial charge on any atom is 0.323 e. The number of amides is 3. The van der Waals surface area contributed by atoms with Crippen LogP contribution in [0.3, 0.4) is 0 Å². The average Bonchev–Trinajstić information content (AvgIpc) is 2.50. The minimum Gasteiger partial charge on any atom is -0.355 e. The zero-order valence-corrected chi connectivity index (χ0v) is 13.8. The summed E-state index contributed by atoms with van der Waals surface area (Å²) in [6.45, 7) is 1.97. The molecular weight excluding hydrogens is 346 g/mol. The van der Waals surface area contributed by atoms with E-state index in [-0.39, 0.29) is 5.91 Å². The topological polar surface area (TPSA) is 70.2 Å². The Hall–Kier alpha value is -2.34. The van der Waals surface area contributed by atoms with Gasteiger partial charge in [-0.3, -0.25) is 4.79 Å². The number of hydrogen-bond donors (Lipinski definition) is 3. The van der Waals surface area contributed by atoms with E-state index in [9.17, 15) is 9.59 Å². The molecule has 6 heteroatoms. The summed E-state index contributed by atoms with van der Waals surface area (Å²) in [4.78, 5) is 23.8. The van der Waals surface area contributed by atoms with E-state index in [0.717, 1.165) is 10.0 Å². The molecule has 3 N–H and O–H groups in total. The maximum atomic E-state index is 12.1. The summed E-state index contributed by atoms with van der Waals surface area (Å²) in [7, 11) is 1.54. The molecular formula is C16H16BrN3O2. The monoisotopic (exact) mass is 361 g/mol. The molecule has 0 unspecified atom stereocenters. The number of para-hydroxylation sites is 1. The first-order valence-corrected chi connectivity index (χ1v) is 7.46. The van der Waals surface area contributed by atoms with Gasteiger partial charge in [-0.15, -0.1) is 0 Å². The summed E-state index contributed by atoms with van der Waals surface area (Å²) in [6, 6.07) is 11.9. The van der Waals surface area contributed by atoms with Gasteiger partial charge < -0.3 is 16.0 Å². The lowest BCUT2D eigenvalue weighted by Gasteiger charge is -2.11. The van der Waals surface area contributed by atoms with E-state index in [1.165, 1.54) is 0 Å². The van der Waals surface area contributed by atoms with Crippen molar-refractivity contribution in [2.45, 2.75) is 6.92 Å². The second-order valence-corrected chi connectivity index (χ2v) is 5.52. The molecule has 0 saturated heterocycles. The smallest absolute Gasteiger partial charge is 0.323 e. The highest BCUT2D eigenvalue weighted by Crippen LogP contribution is 2.21. The van der Waals surface area contributed by atoms with E-state index in [4.69, 9.17) is 0 Å². The number of aryl methyl sites for hydroxylation is 1. The van der Waals surface area contributed by atoms with E-state index >= 15 is 0 Å². The molecule has 22 heavy (non-hydrogen) atoms. The molecule has 0 radical (unpaired) electrons. The molecule has 0 aliphatic carbocycles. The second kappa shape index (κ2) is 7.09. The normalized spacial score (nSPS) is 9.95. The van der Waals surface area contributed by atoms with E-state index < -0.39 is 6.03 Å². The van der Waals surface area contributed by atoms with Crippen molar-refractivity contribution in [1.82, 2.24) is 5.32 Å². The van der Waals surface area contributed by atoms with Gasteiger partial charge in [-0.2, -0.15) is 0 Å². The minimum absolute atomic E-state index is 0.256. The third-order valence-corrected chi connectivity index (χ3v) is 3.93. The van der Waals surface area contributed by atoms with E-state index in [2.05, 4.69) is 31.9 Å². The van der Waals surface area contributed by atoms with Gasteiger partial charge in [0.2, 0.25) is 0 Å². The quantitative estimate of drug-likeness (QED) is 0.778. The Bertz CT molecular complexity index is 716. The first kappa shape index (κ1) is 16.0. The van der Waals surface area contributed by atoms with E-state index in [0.29, 0.717) is 16.9 Å². The predicted octanol–water partition coefficient (Wildman–Crippen LogP) is 3.76. The zero-order valence-electron chi connectivity index (χ0n) is 12.2. The Balaban J connectivity index is 2.12. The summed E-state index contributed by atoms with van der Waals surface area (Å²) >= 11 is 3.42. The van der Waals surface area contributed by atoms with Gasteiger partial charge >= 0.3 is 6.03 Å². The van der Waals surface area contributed by atoms with Gasteiger partial charge in [-0.05, 0) is 36.8 Å². The van der Waals surface area contributed by atoms with Crippen LogP contribution in [0.2, 0.25) is 0 Å². The van der Waals surface area contributed by atoms with Crippen molar-refractivity contribution in [3.63, 3.8) is 0 Å². The number of carbonyl (C=O) groups is 2. The van der Waals surface area contributed by atoms with Gasteiger partial charge in [0.05, 0.1) is 11.3 Å². The first-order valence-electron chi connectivity index (χ1n) is 6.66. The van der Waals surface area contributed by atoms with Crippen molar-refractivity contribution in [3.8, 4) is 0 Å². The highest BCUT2D eigenvalue weighted by Gasteiger charge is 2.11. The average molecular weight is 362 g/mol. The number of nitrogens with one attached hydrogen (secondary N) is 3. The molecule has 2 aromatic carbocycles. The summed E-state index contributed by atoms with van der Waals surface area (Å²) in [5, 5.41) is 7.95. The number of rotatable bonds is 3. The van der Waals surface area contributed by atoms with Crippen LogP contribution in [0, 0.1) is 6.92 Å². The van der Waals surface area contributed by atoms with Crippen LogP contribution in [-0.2, 0) is 0 Å². The molecule has 0 aromatic heterocycles. The van der Waals surface area contributed by atoms with Crippen LogP contribution in [-0.4, -0.2) is 19.0 Å². The third-order valence-electron chi connectivity index (χ3n) is 3.08. The molecule has 0 saturated carbocycles. The third kappa shape index (κ3) is 3.85. The van der Waals surface area contributed by atoms with Gasteiger partial charge in [0.1, 0.15) is 0 Å². The molecule has 2 aromatic rings. The van der Waals surface area contributed by atoms with Crippen molar-refractivity contribution in [2.24, 2.45) is 0 Å². The Kier molecular flexibility index (Phi) is 5.16. The van der Waals surface area contributed by atoms with Crippen LogP contribution in [0.25, 0.3) is 0 Å². The fraction of sp³-hybridized carbons (Fsp3) is 0.125. The first-order chi connectivity index (χ1) is 10.5. The Labute approximate surface area is 137 Å². The SMILES string of the molecule is CNC(=O)c1ccccc1NC(=O)Nc1ccc(C)c(Br)c1. The number of benzene rings is 2. The zero-order chi connectivity index (χ0) is 16.1. The fourth-order valence-corrected chi connectivity index (χ4v) is 2.26. The lowest BCUT2D eigenvalue weighted by atomic mass is 10.1. The number of carbonyl (C=O) groups excluding carboxylic acids is 2. The molecule has 0 heterocycles. The number of urea groups is 1. The molecule has 0 bridgehead atoms. The van der Waals surface area contributed by atoms with Crippen LogP contribution in [0.5, 0.6) is 0 Å². The molecule has 2 rings (SSSR count). The minimum atomic E-state index is -0.410. The molecule has 5 nitrogen and oxygen atoms in total. The van der Waals surface area contributed by atoms with Gasteiger partial charge in [0, 0.05) is 17.2 Å². The molecule has 3 amide bonds. The number of halogens is 1. The summed E-state index contributed by atoms with van der Waals surface area (Å²) < 4.78 is 0.913. The van der Waals surface area contributed by atoms with Gasteiger partial charge in [-0.1, -0.05) is 34.1 Å². The summed E-state index contributed by atoms with van der Waals surface area (Å²) in [5.74, 6) is -0.256. The number of anilines is 2. The van der Waals surface area contributed by atoms with Crippen LogP contribution < -0.4 is 16.0 Å². The van der Waals surface area contributed by atoms with E-state index in [1.54, 1.807) is 31.3 Å². The van der Waals surface area contributed by atoms with Crippen molar-refractivity contribution in [3.05, 3.63) is 58.1 Å². The Morgan fingerprint density at radius 1 is 1.05 bits per heavy atom. The number of hydrogen-bond acceptors (Lipinski definition) is 2. The van der Waals surface area contributed by atoms with Gasteiger partial charge in [-0.25, -0.2) is 4.79 Å². The molecule has 114 valence electrons. The summed E-state index contributed by atoms with van der Waals surface area (Å²) in [6.07, 6.45) is 0. The maximum absolute atomic E-state index is 12.1. The van der Waals surface area contributed by atoms with Gasteiger partial charge in [0.25, 0.3) is 5.91 Å². The lowest BCUT2D eigenvalue weighted by molar-refractivity contribution is 0.0964. The van der Waals surface area contributed by atoms with Crippen LogP contribution in [0.15, 0.2) is 46.9 Å². The lowest BCUT2D eigenvalue weighted by Crippen LogP contribution is -2.24. The van der Waals surface area contributed by atoms with Crippen molar-refractivity contribution in [2.75, 3.05) is 17.7 Å². The van der Waals surface area contributed by atoms with Crippen LogP contribution in [0.4, 0.5) is 16.2 Å². The molecule has 0 atom stereocenters. The largest absolute Gasteiger partial charge is 0.355 e. The van der Waals surface area contributed by atoms with E-state index in [1.807, 2.05) is 25.1 Å².